The van der Waals surface area contributed by atoms with Crippen molar-refractivity contribution in [2.75, 3.05) is 20.3 Å². The topological polar surface area (TPSA) is 64.0 Å². The van der Waals surface area contributed by atoms with E-state index in [4.69, 9.17) is 0 Å². The molecule has 2 heterocycles. The minimum absolute atomic E-state index is 0.0819. The van der Waals surface area contributed by atoms with Crippen LogP contribution in [0, 0.1) is 0 Å². The Hall–Kier alpha value is -1.59. The van der Waals surface area contributed by atoms with E-state index in [-0.39, 0.29) is 12.2 Å². The number of nitrogens with zero attached hydrogens (tertiary/aromatic N) is 3. The molecule has 0 aromatic carbocycles. The van der Waals surface area contributed by atoms with E-state index in [1.165, 1.54) is 28.8 Å². The zero-order valence-corrected chi connectivity index (χ0v) is 12.8. The summed E-state index contributed by atoms with van der Waals surface area (Å²) in [7, 11) is 1.19. The van der Waals surface area contributed by atoms with Crippen LogP contribution in [-0.2, 0) is 14.3 Å². The van der Waals surface area contributed by atoms with E-state index < -0.39 is 18.9 Å². The van der Waals surface area contributed by atoms with Crippen LogP contribution in [0.1, 0.15) is 5.01 Å². The van der Waals surface area contributed by atoms with E-state index in [0.717, 1.165) is 12.1 Å². The maximum atomic E-state index is 12.0. The summed E-state index contributed by atoms with van der Waals surface area (Å²) < 4.78 is 49.7. The molecule has 1 aliphatic heterocycles. The maximum absolute atomic E-state index is 12.0. The third-order valence-corrected chi connectivity index (χ3v) is 4.04. The van der Waals surface area contributed by atoms with Crippen LogP contribution in [0.15, 0.2) is 27.7 Å². The van der Waals surface area contributed by atoms with Crippen LogP contribution >= 0.6 is 23.5 Å². The van der Waals surface area contributed by atoms with Crippen LogP contribution in [0.3, 0.4) is 0 Å². The van der Waals surface area contributed by atoms with E-state index in [2.05, 4.69) is 18.9 Å². The molecule has 0 radical (unpaired) electrons. The average Bonchev–Trinajstić information content (AvgIpc) is 2.99. The van der Waals surface area contributed by atoms with Crippen molar-refractivity contribution >= 4 is 35.2 Å². The van der Waals surface area contributed by atoms with Gasteiger partial charge in [0.1, 0.15) is 16.4 Å². The molecule has 0 aliphatic carbocycles. The predicted molar refractivity (Wildman–Crippen MR) is 75.1 cm³/mol. The van der Waals surface area contributed by atoms with Crippen molar-refractivity contribution in [2.45, 2.75) is 6.36 Å². The number of carbonyl (C=O) groups excluding carboxylic acids is 1. The lowest BCUT2D eigenvalue weighted by Crippen LogP contribution is -2.30. The summed E-state index contributed by atoms with van der Waals surface area (Å²) >= 11 is 2.17. The van der Waals surface area contributed by atoms with Gasteiger partial charge in [-0.3, -0.25) is 9.04 Å². The second-order valence-corrected chi connectivity index (χ2v) is 5.49. The molecular formula is C11H10F3N3O3S2. The molecule has 0 amide bonds. The minimum Gasteiger partial charge on any atom is -0.464 e. The van der Waals surface area contributed by atoms with Crippen molar-refractivity contribution in [2.24, 2.45) is 4.40 Å². The number of alkyl halides is 3. The third-order valence-electron chi connectivity index (χ3n) is 2.39. The fourth-order valence-electron chi connectivity index (χ4n) is 1.49. The van der Waals surface area contributed by atoms with Gasteiger partial charge in [-0.05, 0) is 6.08 Å². The second-order valence-electron chi connectivity index (χ2n) is 3.81. The fraction of sp³-hybridized carbons (Fsp3) is 0.364. The SMILES string of the molecule is COC(=O)C1=CC(c2nccs2)=NSN1CCOC(F)(F)F. The van der Waals surface area contributed by atoms with E-state index in [1.807, 2.05) is 0 Å². The van der Waals surface area contributed by atoms with E-state index >= 15 is 0 Å². The molecule has 1 aliphatic rings. The Morgan fingerprint density at radius 2 is 2.23 bits per heavy atom. The number of allylic oxidation sites excluding steroid dienone is 1. The molecule has 120 valence electrons. The van der Waals surface area contributed by atoms with Crippen LogP contribution in [0.4, 0.5) is 13.2 Å². The Bertz CT molecular complexity index is 587. The first-order valence-electron chi connectivity index (χ1n) is 5.84. The van der Waals surface area contributed by atoms with Gasteiger partial charge in [-0.25, -0.2) is 9.78 Å². The van der Waals surface area contributed by atoms with Crippen LogP contribution in [0.2, 0.25) is 0 Å². The third kappa shape index (κ3) is 4.45. The Kier molecular flexibility index (Phi) is 5.42. The number of methoxy groups -OCH3 is 1. The number of halogens is 3. The smallest absolute Gasteiger partial charge is 0.464 e. The van der Waals surface area contributed by atoms with Crippen molar-refractivity contribution in [3.05, 3.63) is 28.4 Å². The van der Waals surface area contributed by atoms with Gasteiger partial charge < -0.3 is 4.74 Å². The Morgan fingerprint density at radius 1 is 1.45 bits per heavy atom. The molecule has 0 saturated heterocycles. The van der Waals surface area contributed by atoms with Gasteiger partial charge in [0.15, 0.2) is 0 Å². The van der Waals surface area contributed by atoms with Gasteiger partial charge in [0, 0.05) is 11.6 Å². The summed E-state index contributed by atoms with van der Waals surface area (Å²) in [6.45, 7) is -0.813. The van der Waals surface area contributed by atoms with Crippen LogP contribution in [0.5, 0.6) is 0 Å². The summed E-state index contributed by atoms with van der Waals surface area (Å²) in [6.07, 6.45) is -1.71. The van der Waals surface area contributed by atoms with Gasteiger partial charge in [-0.2, -0.15) is 4.40 Å². The quantitative estimate of drug-likeness (QED) is 0.598. The van der Waals surface area contributed by atoms with Gasteiger partial charge in [-0.1, -0.05) is 0 Å². The number of hydrogen-bond acceptors (Lipinski definition) is 8. The lowest BCUT2D eigenvalue weighted by Gasteiger charge is -2.25. The normalized spacial score (nSPS) is 15.4. The first-order chi connectivity index (χ1) is 10.4. The van der Waals surface area contributed by atoms with Crippen LogP contribution in [-0.4, -0.2) is 47.6 Å². The molecular weight excluding hydrogens is 343 g/mol. The molecule has 11 heteroatoms. The molecule has 6 nitrogen and oxygen atoms in total. The Balaban J connectivity index is 2.09. The van der Waals surface area contributed by atoms with E-state index in [1.54, 1.807) is 11.6 Å². The highest BCUT2D eigenvalue weighted by Crippen LogP contribution is 2.27. The molecule has 2 rings (SSSR count). The number of ether oxygens (including phenoxy) is 2. The summed E-state index contributed by atoms with van der Waals surface area (Å²) in [5.74, 6) is -0.677. The largest absolute Gasteiger partial charge is 0.522 e. The van der Waals surface area contributed by atoms with Crippen LogP contribution in [0.25, 0.3) is 0 Å². The molecule has 0 N–H and O–H groups in total. The minimum atomic E-state index is -4.72. The number of esters is 1. The van der Waals surface area contributed by atoms with Crippen molar-refractivity contribution in [3.63, 3.8) is 0 Å². The van der Waals surface area contributed by atoms with Crippen molar-refractivity contribution in [1.82, 2.24) is 9.29 Å². The Morgan fingerprint density at radius 3 is 2.82 bits per heavy atom. The summed E-state index contributed by atoms with van der Waals surface area (Å²) in [5.41, 5.74) is 0.534. The van der Waals surface area contributed by atoms with Gasteiger partial charge in [0.25, 0.3) is 0 Å². The molecule has 0 unspecified atom stereocenters. The van der Waals surface area contributed by atoms with Gasteiger partial charge in [0.2, 0.25) is 0 Å². The number of aromatic nitrogens is 1. The van der Waals surface area contributed by atoms with E-state index in [0.29, 0.717) is 10.7 Å². The Labute approximate surface area is 131 Å². The zero-order valence-electron chi connectivity index (χ0n) is 11.2. The van der Waals surface area contributed by atoms with Gasteiger partial charge in [-0.15, -0.1) is 24.5 Å². The average molecular weight is 353 g/mol. The number of thiazole rings is 1. The number of rotatable bonds is 5. The summed E-state index contributed by atoms with van der Waals surface area (Å²) in [4.78, 5) is 15.8. The molecule has 1 aromatic rings. The highest BCUT2D eigenvalue weighted by Gasteiger charge is 2.30. The van der Waals surface area contributed by atoms with Crippen LogP contribution < -0.4 is 0 Å². The van der Waals surface area contributed by atoms with Crippen molar-refractivity contribution < 1.29 is 27.4 Å². The van der Waals surface area contributed by atoms with Crippen molar-refractivity contribution in [1.29, 1.82) is 0 Å². The molecule has 0 fully saturated rings. The predicted octanol–water partition coefficient (Wildman–Crippen LogP) is 2.40. The lowest BCUT2D eigenvalue weighted by molar-refractivity contribution is -0.324. The lowest BCUT2D eigenvalue weighted by atomic mass is 10.3. The molecule has 22 heavy (non-hydrogen) atoms. The maximum Gasteiger partial charge on any atom is 0.522 e. The molecule has 0 bridgehead atoms. The highest BCUT2D eigenvalue weighted by molar-refractivity contribution is 7.96. The summed E-state index contributed by atoms with van der Waals surface area (Å²) in [6, 6.07) is 0. The van der Waals surface area contributed by atoms with Gasteiger partial charge >= 0.3 is 12.3 Å². The standard InChI is InChI=1S/C11H10F3N3O3S2/c1-19-10(18)8-6-7(9-15-2-5-21-9)16-22-17(8)3-4-20-11(12,13)14/h2,5-6H,3-4H2,1H3. The fourth-order valence-corrected chi connectivity index (χ4v) is 2.84. The molecule has 1 aromatic heterocycles. The second kappa shape index (κ2) is 7.11. The summed E-state index contributed by atoms with van der Waals surface area (Å²) in [5, 5.41) is 2.35. The van der Waals surface area contributed by atoms with Crippen molar-refractivity contribution in [3.8, 4) is 0 Å². The van der Waals surface area contributed by atoms with Gasteiger partial charge in [0.05, 0.1) is 32.4 Å². The number of hydrogen-bond donors (Lipinski definition) is 0. The van der Waals surface area contributed by atoms with E-state index in [9.17, 15) is 18.0 Å². The highest BCUT2D eigenvalue weighted by atomic mass is 32.2. The number of carbonyl (C=O) groups is 1. The first kappa shape index (κ1) is 16.8. The molecule has 0 saturated carbocycles. The monoisotopic (exact) mass is 353 g/mol. The molecule has 0 atom stereocenters. The molecule has 0 spiro atoms. The zero-order chi connectivity index (χ0) is 16.2. The first-order valence-corrected chi connectivity index (χ1v) is 7.45.